The van der Waals surface area contributed by atoms with Gasteiger partial charge in [0, 0.05) is 11.6 Å². The van der Waals surface area contributed by atoms with E-state index in [2.05, 4.69) is 4.98 Å². The first-order valence-electron chi connectivity index (χ1n) is 6.56. The zero-order valence-electron chi connectivity index (χ0n) is 11.5. The second kappa shape index (κ2) is 6.57. The molecular formula is C15H16ClNO3. The summed E-state index contributed by atoms with van der Waals surface area (Å²) >= 11 is 6.28. The Morgan fingerprint density at radius 2 is 2.15 bits per heavy atom. The normalized spacial score (nSPS) is 10.6. The van der Waals surface area contributed by atoms with Crippen LogP contribution in [0.15, 0.2) is 24.4 Å². The lowest BCUT2D eigenvalue weighted by Gasteiger charge is -2.10. The van der Waals surface area contributed by atoms with Gasteiger partial charge in [0.25, 0.3) is 0 Å². The van der Waals surface area contributed by atoms with E-state index in [0.717, 1.165) is 6.42 Å². The van der Waals surface area contributed by atoms with Gasteiger partial charge in [-0.3, -0.25) is 4.98 Å². The number of halogens is 1. The van der Waals surface area contributed by atoms with Crippen LogP contribution in [0.1, 0.15) is 30.6 Å². The first kappa shape index (κ1) is 14.6. The van der Waals surface area contributed by atoms with Crippen LogP contribution in [0.25, 0.3) is 10.9 Å². The molecule has 0 radical (unpaired) electrons. The number of carbonyl (C=O) groups excluding carboxylic acids is 1. The van der Waals surface area contributed by atoms with E-state index in [1.54, 1.807) is 6.92 Å². The second-order valence-electron chi connectivity index (χ2n) is 4.21. The fourth-order valence-corrected chi connectivity index (χ4v) is 2.12. The molecule has 2 aromatic rings. The van der Waals surface area contributed by atoms with Crippen molar-refractivity contribution < 1.29 is 14.3 Å². The monoisotopic (exact) mass is 293 g/mol. The molecule has 0 fully saturated rings. The van der Waals surface area contributed by atoms with Gasteiger partial charge >= 0.3 is 5.97 Å². The molecule has 2 rings (SSSR count). The van der Waals surface area contributed by atoms with E-state index in [9.17, 15) is 4.79 Å². The molecule has 1 heterocycles. The minimum absolute atomic E-state index is 0.272. The molecule has 1 aromatic heterocycles. The average Bonchev–Trinajstić information content (AvgIpc) is 2.46. The number of esters is 1. The van der Waals surface area contributed by atoms with Gasteiger partial charge in [0.1, 0.15) is 11.3 Å². The summed E-state index contributed by atoms with van der Waals surface area (Å²) in [7, 11) is 0. The Balaban J connectivity index is 2.49. The number of rotatable bonds is 5. The number of carbonyl (C=O) groups is 1. The third-order valence-corrected chi connectivity index (χ3v) is 3.16. The van der Waals surface area contributed by atoms with E-state index in [1.807, 2.05) is 25.1 Å². The summed E-state index contributed by atoms with van der Waals surface area (Å²) in [6, 6.07) is 5.48. The van der Waals surface area contributed by atoms with Gasteiger partial charge in [-0.1, -0.05) is 30.7 Å². The Morgan fingerprint density at radius 3 is 2.85 bits per heavy atom. The van der Waals surface area contributed by atoms with Crippen molar-refractivity contribution >= 4 is 28.5 Å². The number of nitrogens with zero attached hydrogens (tertiary/aromatic N) is 1. The van der Waals surface area contributed by atoms with Gasteiger partial charge in [-0.05, 0) is 19.4 Å². The lowest BCUT2D eigenvalue weighted by atomic mass is 10.1. The quantitative estimate of drug-likeness (QED) is 0.786. The highest BCUT2D eigenvalue weighted by atomic mass is 35.5. The largest absolute Gasteiger partial charge is 0.491 e. The lowest BCUT2D eigenvalue weighted by molar-refractivity contribution is 0.0526. The van der Waals surface area contributed by atoms with E-state index >= 15 is 0 Å². The van der Waals surface area contributed by atoms with Crippen LogP contribution >= 0.6 is 11.6 Å². The number of aromatic nitrogens is 1. The van der Waals surface area contributed by atoms with Crippen LogP contribution in [-0.4, -0.2) is 24.2 Å². The molecule has 0 unspecified atom stereocenters. The van der Waals surface area contributed by atoms with Gasteiger partial charge in [-0.15, -0.1) is 0 Å². The molecular weight excluding hydrogens is 278 g/mol. The van der Waals surface area contributed by atoms with E-state index in [1.165, 1.54) is 6.20 Å². The van der Waals surface area contributed by atoms with Crippen LogP contribution in [0.5, 0.6) is 5.75 Å². The molecule has 4 nitrogen and oxygen atoms in total. The molecule has 5 heteroatoms. The summed E-state index contributed by atoms with van der Waals surface area (Å²) in [5.74, 6) is 0.202. The van der Waals surface area contributed by atoms with Gasteiger partial charge < -0.3 is 9.47 Å². The number of hydrogen-bond donors (Lipinski definition) is 0. The predicted molar refractivity (Wildman–Crippen MR) is 78.5 cm³/mol. The molecule has 1 aromatic carbocycles. The van der Waals surface area contributed by atoms with Crippen molar-refractivity contribution in [2.24, 2.45) is 0 Å². The summed E-state index contributed by atoms with van der Waals surface area (Å²) in [4.78, 5) is 16.1. The molecule has 0 N–H and O–H groups in total. The SMILES string of the molecule is CCCOc1cccc2c(Cl)c(C(=O)OCC)cnc12. The maximum atomic E-state index is 11.8. The molecule has 20 heavy (non-hydrogen) atoms. The molecule has 0 spiro atoms. The van der Waals surface area contributed by atoms with Gasteiger partial charge in [-0.2, -0.15) is 0 Å². The number of fused-ring (bicyclic) bond motifs is 1. The van der Waals surface area contributed by atoms with Crippen LogP contribution in [0.4, 0.5) is 0 Å². The molecule has 0 bridgehead atoms. The summed E-state index contributed by atoms with van der Waals surface area (Å²) < 4.78 is 10.6. The highest BCUT2D eigenvalue weighted by Crippen LogP contribution is 2.31. The number of hydrogen-bond acceptors (Lipinski definition) is 4. The number of pyridine rings is 1. The topological polar surface area (TPSA) is 48.4 Å². The Kier molecular flexibility index (Phi) is 4.79. The summed E-state index contributed by atoms with van der Waals surface area (Å²) in [6.07, 6.45) is 2.34. The predicted octanol–water partition coefficient (Wildman–Crippen LogP) is 3.85. The maximum absolute atomic E-state index is 11.8. The Morgan fingerprint density at radius 1 is 1.35 bits per heavy atom. The third-order valence-electron chi connectivity index (χ3n) is 2.75. The van der Waals surface area contributed by atoms with E-state index < -0.39 is 5.97 Å². The minimum atomic E-state index is -0.466. The first-order chi connectivity index (χ1) is 9.69. The number of para-hydroxylation sites is 1. The van der Waals surface area contributed by atoms with E-state index in [4.69, 9.17) is 21.1 Å². The Labute approximate surface area is 122 Å². The van der Waals surface area contributed by atoms with Crippen molar-refractivity contribution in [2.75, 3.05) is 13.2 Å². The van der Waals surface area contributed by atoms with Crippen LogP contribution in [0.3, 0.4) is 0 Å². The zero-order valence-corrected chi connectivity index (χ0v) is 12.2. The van der Waals surface area contributed by atoms with Crippen LogP contribution in [-0.2, 0) is 4.74 Å². The first-order valence-corrected chi connectivity index (χ1v) is 6.94. The molecule has 0 amide bonds. The van der Waals surface area contributed by atoms with Crippen molar-refractivity contribution in [3.8, 4) is 5.75 Å². The van der Waals surface area contributed by atoms with Crippen molar-refractivity contribution in [3.05, 3.63) is 35.0 Å². The van der Waals surface area contributed by atoms with Gasteiger partial charge in [0.2, 0.25) is 0 Å². The van der Waals surface area contributed by atoms with Gasteiger partial charge in [0.15, 0.2) is 0 Å². The molecule has 0 saturated carbocycles. The van der Waals surface area contributed by atoms with Crippen molar-refractivity contribution in [2.45, 2.75) is 20.3 Å². The fourth-order valence-electron chi connectivity index (χ4n) is 1.84. The minimum Gasteiger partial charge on any atom is -0.491 e. The van der Waals surface area contributed by atoms with Crippen LogP contribution in [0.2, 0.25) is 5.02 Å². The van der Waals surface area contributed by atoms with Crippen molar-refractivity contribution in [1.29, 1.82) is 0 Å². The standard InChI is InChI=1S/C15H16ClNO3/c1-3-8-20-12-7-5-6-10-13(16)11(9-17-14(10)12)15(18)19-4-2/h5-7,9H,3-4,8H2,1-2H3. The third kappa shape index (κ3) is 2.85. The van der Waals surface area contributed by atoms with E-state index in [-0.39, 0.29) is 5.56 Å². The van der Waals surface area contributed by atoms with Crippen LogP contribution < -0.4 is 4.74 Å². The molecule has 0 atom stereocenters. The van der Waals surface area contributed by atoms with Crippen molar-refractivity contribution in [1.82, 2.24) is 4.98 Å². The molecule has 0 aliphatic carbocycles. The average molecular weight is 294 g/mol. The molecule has 0 aliphatic heterocycles. The molecule has 0 aliphatic rings. The zero-order chi connectivity index (χ0) is 14.5. The molecule has 106 valence electrons. The van der Waals surface area contributed by atoms with Gasteiger partial charge in [-0.25, -0.2) is 4.79 Å². The number of ether oxygens (including phenoxy) is 2. The fraction of sp³-hybridized carbons (Fsp3) is 0.333. The summed E-state index contributed by atoms with van der Waals surface area (Å²) in [5.41, 5.74) is 0.924. The molecule has 0 saturated heterocycles. The smallest absolute Gasteiger partial charge is 0.341 e. The highest BCUT2D eigenvalue weighted by molar-refractivity contribution is 6.38. The maximum Gasteiger partial charge on any atom is 0.341 e. The summed E-state index contributed by atoms with van der Waals surface area (Å²) in [5, 5.41) is 1.03. The van der Waals surface area contributed by atoms with E-state index in [0.29, 0.717) is 34.9 Å². The van der Waals surface area contributed by atoms with Crippen molar-refractivity contribution in [3.63, 3.8) is 0 Å². The second-order valence-corrected chi connectivity index (χ2v) is 4.59. The highest BCUT2D eigenvalue weighted by Gasteiger charge is 2.16. The van der Waals surface area contributed by atoms with Crippen LogP contribution in [0, 0.1) is 0 Å². The van der Waals surface area contributed by atoms with Gasteiger partial charge in [0.05, 0.1) is 23.8 Å². The number of benzene rings is 1. The Hall–Kier alpha value is -1.81. The lowest BCUT2D eigenvalue weighted by Crippen LogP contribution is -2.06. The Bertz CT molecular complexity index is 628. The summed E-state index contributed by atoms with van der Waals surface area (Å²) in [6.45, 7) is 4.69.